The van der Waals surface area contributed by atoms with E-state index in [4.69, 9.17) is 0 Å². The minimum Gasteiger partial charge on any atom is -0.326 e. The maximum atomic E-state index is 11.7. The standard InChI is InChI=1S/C14H19NO/c1-9(2)12-5-4-10(3)13(8-12)15-14(16)11-6-7-11/h4-5,8-9,11H,6-7H2,1-3H3,(H,15,16). The van der Waals surface area contributed by atoms with Gasteiger partial charge in [-0.15, -0.1) is 0 Å². The summed E-state index contributed by atoms with van der Waals surface area (Å²) in [6.45, 7) is 6.36. The number of rotatable bonds is 3. The Morgan fingerprint density at radius 2 is 2.06 bits per heavy atom. The lowest BCUT2D eigenvalue weighted by Gasteiger charge is -2.12. The smallest absolute Gasteiger partial charge is 0.227 e. The molecule has 1 saturated carbocycles. The van der Waals surface area contributed by atoms with Gasteiger partial charge in [-0.3, -0.25) is 4.79 Å². The van der Waals surface area contributed by atoms with Crippen molar-refractivity contribution in [3.8, 4) is 0 Å². The Morgan fingerprint density at radius 3 is 2.62 bits per heavy atom. The number of carbonyl (C=O) groups excluding carboxylic acids is 1. The Morgan fingerprint density at radius 1 is 1.38 bits per heavy atom. The fraction of sp³-hybridized carbons (Fsp3) is 0.500. The molecule has 0 saturated heterocycles. The van der Waals surface area contributed by atoms with Crippen LogP contribution in [-0.4, -0.2) is 5.91 Å². The summed E-state index contributed by atoms with van der Waals surface area (Å²) in [5.74, 6) is 0.947. The summed E-state index contributed by atoms with van der Waals surface area (Å²) in [7, 11) is 0. The number of benzene rings is 1. The zero-order valence-electron chi connectivity index (χ0n) is 10.2. The molecule has 1 aromatic rings. The highest BCUT2D eigenvalue weighted by Gasteiger charge is 2.29. The fourth-order valence-electron chi connectivity index (χ4n) is 1.71. The highest BCUT2D eigenvalue weighted by atomic mass is 16.2. The summed E-state index contributed by atoms with van der Waals surface area (Å²) in [5.41, 5.74) is 3.39. The molecule has 0 aliphatic heterocycles. The van der Waals surface area contributed by atoms with Gasteiger partial charge in [0.2, 0.25) is 5.91 Å². The van der Waals surface area contributed by atoms with Crippen LogP contribution >= 0.6 is 0 Å². The Bertz CT molecular complexity index is 405. The van der Waals surface area contributed by atoms with Gasteiger partial charge in [0.15, 0.2) is 0 Å². The van der Waals surface area contributed by atoms with Crippen LogP contribution in [-0.2, 0) is 4.79 Å². The van der Waals surface area contributed by atoms with E-state index in [0.29, 0.717) is 5.92 Å². The summed E-state index contributed by atoms with van der Waals surface area (Å²) in [6.07, 6.45) is 2.10. The fourth-order valence-corrected chi connectivity index (χ4v) is 1.71. The van der Waals surface area contributed by atoms with Gasteiger partial charge in [-0.1, -0.05) is 26.0 Å². The van der Waals surface area contributed by atoms with Crippen LogP contribution in [0.2, 0.25) is 0 Å². The first-order valence-corrected chi connectivity index (χ1v) is 5.99. The minimum absolute atomic E-state index is 0.184. The molecule has 0 spiro atoms. The first kappa shape index (κ1) is 11.2. The molecule has 0 radical (unpaired) electrons. The Balaban J connectivity index is 2.17. The zero-order chi connectivity index (χ0) is 11.7. The maximum absolute atomic E-state index is 11.7. The molecule has 2 nitrogen and oxygen atoms in total. The van der Waals surface area contributed by atoms with Crippen LogP contribution in [0.3, 0.4) is 0 Å². The van der Waals surface area contributed by atoms with Gasteiger partial charge >= 0.3 is 0 Å². The molecule has 0 unspecified atom stereocenters. The molecular formula is C14H19NO. The van der Waals surface area contributed by atoms with E-state index < -0.39 is 0 Å². The van der Waals surface area contributed by atoms with Crippen LogP contribution in [0.5, 0.6) is 0 Å². The Hall–Kier alpha value is -1.31. The molecule has 0 aromatic heterocycles. The zero-order valence-corrected chi connectivity index (χ0v) is 10.2. The minimum atomic E-state index is 0.184. The second kappa shape index (κ2) is 4.28. The molecule has 1 fully saturated rings. The highest BCUT2D eigenvalue weighted by Crippen LogP contribution is 2.31. The quantitative estimate of drug-likeness (QED) is 0.825. The van der Waals surface area contributed by atoms with Crippen molar-refractivity contribution in [1.82, 2.24) is 0 Å². The van der Waals surface area contributed by atoms with Crippen molar-refractivity contribution in [3.63, 3.8) is 0 Å². The number of hydrogen-bond donors (Lipinski definition) is 1. The number of amides is 1. The Kier molecular flexibility index (Phi) is 2.99. The number of hydrogen-bond acceptors (Lipinski definition) is 1. The van der Waals surface area contributed by atoms with Gasteiger partial charge in [0.1, 0.15) is 0 Å². The van der Waals surface area contributed by atoms with Crippen LogP contribution in [0.15, 0.2) is 18.2 Å². The normalized spacial score (nSPS) is 15.2. The monoisotopic (exact) mass is 217 g/mol. The van der Waals surface area contributed by atoms with Crippen molar-refractivity contribution in [3.05, 3.63) is 29.3 Å². The molecule has 16 heavy (non-hydrogen) atoms. The topological polar surface area (TPSA) is 29.1 Å². The second-order valence-electron chi connectivity index (χ2n) is 4.99. The van der Waals surface area contributed by atoms with Crippen LogP contribution in [0.25, 0.3) is 0 Å². The second-order valence-corrected chi connectivity index (χ2v) is 4.99. The number of carbonyl (C=O) groups is 1. The lowest BCUT2D eigenvalue weighted by Crippen LogP contribution is -2.14. The van der Waals surface area contributed by atoms with E-state index in [0.717, 1.165) is 24.1 Å². The third-order valence-corrected chi connectivity index (χ3v) is 3.13. The van der Waals surface area contributed by atoms with Crippen molar-refractivity contribution in [2.75, 3.05) is 5.32 Å². The number of anilines is 1. The summed E-state index contributed by atoms with van der Waals surface area (Å²) >= 11 is 0. The molecular weight excluding hydrogens is 198 g/mol. The van der Waals surface area contributed by atoms with Gasteiger partial charge in [0.25, 0.3) is 0 Å². The molecule has 1 aliphatic carbocycles. The van der Waals surface area contributed by atoms with Crippen molar-refractivity contribution < 1.29 is 4.79 Å². The van der Waals surface area contributed by atoms with Crippen molar-refractivity contribution >= 4 is 11.6 Å². The summed E-state index contributed by atoms with van der Waals surface area (Å²) < 4.78 is 0. The molecule has 2 heteroatoms. The van der Waals surface area contributed by atoms with E-state index in [1.54, 1.807) is 0 Å². The van der Waals surface area contributed by atoms with Crippen molar-refractivity contribution in [2.45, 2.75) is 39.5 Å². The number of aryl methyl sites for hydroxylation is 1. The number of nitrogens with one attached hydrogen (secondary N) is 1. The van der Waals surface area contributed by atoms with Gasteiger partial charge in [-0.2, -0.15) is 0 Å². The molecule has 86 valence electrons. The maximum Gasteiger partial charge on any atom is 0.227 e. The van der Waals surface area contributed by atoms with Crippen LogP contribution in [0.1, 0.15) is 43.7 Å². The molecule has 0 heterocycles. The SMILES string of the molecule is Cc1ccc(C(C)C)cc1NC(=O)C1CC1. The highest BCUT2D eigenvalue weighted by molar-refractivity contribution is 5.94. The Labute approximate surface area is 97.1 Å². The molecule has 0 atom stereocenters. The van der Waals surface area contributed by atoms with E-state index in [9.17, 15) is 4.79 Å². The summed E-state index contributed by atoms with van der Waals surface area (Å²) in [4.78, 5) is 11.7. The largest absolute Gasteiger partial charge is 0.326 e. The van der Waals surface area contributed by atoms with Gasteiger partial charge in [0, 0.05) is 11.6 Å². The summed E-state index contributed by atoms with van der Waals surface area (Å²) in [5, 5.41) is 3.03. The van der Waals surface area contributed by atoms with Gasteiger partial charge in [-0.05, 0) is 42.9 Å². The van der Waals surface area contributed by atoms with E-state index in [1.165, 1.54) is 5.56 Å². The molecule has 1 N–H and O–H groups in total. The molecule has 1 aromatic carbocycles. The van der Waals surface area contributed by atoms with E-state index >= 15 is 0 Å². The predicted octanol–water partition coefficient (Wildman–Crippen LogP) is 3.47. The average Bonchev–Trinajstić information content (AvgIpc) is 3.04. The first-order chi connectivity index (χ1) is 7.58. The third kappa shape index (κ3) is 2.43. The van der Waals surface area contributed by atoms with E-state index in [2.05, 4.69) is 37.4 Å². The van der Waals surface area contributed by atoms with E-state index in [-0.39, 0.29) is 11.8 Å². The lowest BCUT2D eigenvalue weighted by molar-refractivity contribution is -0.117. The van der Waals surface area contributed by atoms with Gasteiger partial charge < -0.3 is 5.32 Å². The molecule has 1 amide bonds. The van der Waals surface area contributed by atoms with Crippen molar-refractivity contribution in [1.29, 1.82) is 0 Å². The average molecular weight is 217 g/mol. The lowest BCUT2D eigenvalue weighted by atomic mass is 10.0. The van der Waals surface area contributed by atoms with Crippen LogP contribution in [0, 0.1) is 12.8 Å². The summed E-state index contributed by atoms with van der Waals surface area (Å²) in [6, 6.07) is 6.31. The van der Waals surface area contributed by atoms with E-state index in [1.807, 2.05) is 6.92 Å². The van der Waals surface area contributed by atoms with Crippen LogP contribution in [0.4, 0.5) is 5.69 Å². The first-order valence-electron chi connectivity index (χ1n) is 5.99. The van der Waals surface area contributed by atoms with Crippen LogP contribution < -0.4 is 5.32 Å². The van der Waals surface area contributed by atoms with Gasteiger partial charge in [-0.25, -0.2) is 0 Å². The predicted molar refractivity (Wildman–Crippen MR) is 66.6 cm³/mol. The third-order valence-electron chi connectivity index (χ3n) is 3.13. The molecule has 1 aliphatic rings. The molecule has 2 rings (SSSR count). The van der Waals surface area contributed by atoms with Gasteiger partial charge in [0.05, 0.1) is 0 Å². The molecule has 0 bridgehead atoms. The van der Waals surface area contributed by atoms with Crippen molar-refractivity contribution in [2.24, 2.45) is 5.92 Å².